The Kier molecular flexibility index (Phi) is 5.67. The molecule has 3 nitrogen and oxygen atoms in total. The Balaban J connectivity index is 1.93. The highest BCUT2D eigenvalue weighted by Gasteiger charge is 2.37. The molecule has 1 aliphatic carbocycles. The molecular weight excluding hydrogens is 236 g/mol. The third-order valence-electron chi connectivity index (χ3n) is 5.06. The number of ether oxygens (including phenoxy) is 1. The molecule has 1 aliphatic heterocycles. The van der Waals surface area contributed by atoms with Crippen molar-refractivity contribution in [3.05, 3.63) is 0 Å². The van der Waals surface area contributed by atoms with E-state index in [0.29, 0.717) is 11.5 Å². The summed E-state index contributed by atoms with van der Waals surface area (Å²) >= 11 is 0. The maximum Gasteiger partial charge on any atom is 0.0710 e. The molecule has 1 heterocycles. The van der Waals surface area contributed by atoms with Gasteiger partial charge in [-0.2, -0.15) is 0 Å². The van der Waals surface area contributed by atoms with Crippen LogP contribution in [0.5, 0.6) is 0 Å². The lowest BCUT2D eigenvalue weighted by atomic mass is 9.69. The van der Waals surface area contributed by atoms with Crippen LogP contribution in [0.1, 0.15) is 46.0 Å². The Morgan fingerprint density at radius 3 is 2.84 bits per heavy atom. The quantitative estimate of drug-likeness (QED) is 0.801. The minimum atomic E-state index is 0.470. The largest absolute Gasteiger partial charge is 0.380 e. The van der Waals surface area contributed by atoms with E-state index in [1.54, 1.807) is 0 Å². The van der Waals surface area contributed by atoms with E-state index in [9.17, 15) is 0 Å². The minimum absolute atomic E-state index is 0.470. The molecule has 3 atom stereocenters. The Morgan fingerprint density at radius 1 is 1.37 bits per heavy atom. The predicted molar refractivity (Wildman–Crippen MR) is 80.5 cm³/mol. The van der Waals surface area contributed by atoms with Gasteiger partial charge >= 0.3 is 0 Å². The summed E-state index contributed by atoms with van der Waals surface area (Å²) in [6, 6.07) is 0. The first-order valence-corrected chi connectivity index (χ1v) is 8.13. The van der Waals surface area contributed by atoms with Crippen LogP contribution < -0.4 is 5.32 Å². The van der Waals surface area contributed by atoms with Gasteiger partial charge < -0.3 is 15.0 Å². The molecule has 0 aromatic heterocycles. The summed E-state index contributed by atoms with van der Waals surface area (Å²) in [5.41, 5.74) is 0.510. The number of hydrogen-bond donors (Lipinski definition) is 1. The summed E-state index contributed by atoms with van der Waals surface area (Å²) in [7, 11) is 1.85. The molecule has 0 aromatic rings. The highest BCUT2D eigenvalue weighted by atomic mass is 16.5. The van der Waals surface area contributed by atoms with E-state index in [4.69, 9.17) is 4.74 Å². The lowest BCUT2D eigenvalue weighted by Gasteiger charge is -2.43. The molecule has 1 saturated heterocycles. The van der Waals surface area contributed by atoms with E-state index >= 15 is 0 Å². The van der Waals surface area contributed by atoms with Gasteiger partial charge in [0.05, 0.1) is 6.10 Å². The fourth-order valence-corrected chi connectivity index (χ4v) is 4.13. The highest BCUT2D eigenvalue weighted by molar-refractivity contribution is 4.91. The lowest BCUT2D eigenvalue weighted by molar-refractivity contribution is 0.0718. The Labute approximate surface area is 119 Å². The maximum absolute atomic E-state index is 5.51. The fourth-order valence-electron chi connectivity index (χ4n) is 4.13. The highest BCUT2D eigenvalue weighted by Crippen LogP contribution is 2.40. The van der Waals surface area contributed by atoms with Crippen molar-refractivity contribution in [1.29, 1.82) is 0 Å². The van der Waals surface area contributed by atoms with Gasteiger partial charge in [-0.05, 0) is 37.1 Å². The van der Waals surface area contributed by atoms with E-state index in [1.165, 1.54) is 51.7 Å². The van der Waals surface area contributed by atoms with Crippen molar-refractivity contribution in [2.24, 2.45) is 11.3 Å². The van der Waals surface area contributed by atoms with E-state index < -0.39 is 0 Å². The molecule has 0 radical (unpaired) electrons. The van der Waals surface area contributed by atoms with E-state index in [0.717, 1.165) is 19.0 Å². The van der Waals surface area contributed by atoms with Crippen LogP contribution in [0.25, 0.3) is 0 Å². The molecule has 112 valence electrons. The summed E-state index contributed by atoms with van der Waals surface area (Å²) < 4.78 is 5.51. The van der Waals surface area contributed by atoms with Gasteiger partial charge in [-0.3, -0.25) is 0 Å². The van der Waals surface area contributed by atoms with Crippen LogP contribution in [0, 0.1) is 11.3 Å². The van der Waals surface area contributed by atoms with Crippen LogP contribution in [0.2, 0.25) is 0 Å². The Morgan fingerprint density at radius 2 is 2.21 bits per heavy atom. The van der Waals surface area contributed by atoms with Crippen molar-refractivity contribution in [2.45, 2.75) is 52.1 Å². The predicted octanol–water partition coefficient (Wildman–Crippen LogP) is 2.51. The zero-order valence-electron chi connectivity index (χ0n) is 13.1. The maximum atomic E-state index is 5.51. The molecule has 0 aromatic carbocycles. The van der Waals surface area contributed by atoms with Gasteiger partial charge in [0.25, 0.3) is 0 Å². The number of rotatable bonds is 6. The molecule has 3 heteroatoms. The first-order valence-electron chi connectivity index (χ1n) is 8.13. The SMILES string of the molecule is CCNCC1(CN2CCC(OC)C2)CCCC(C)C1. The summed E-state index contributed by atoms with van der Waals surface area (Å²) in [4.78, 5) is 2.64. The molecule has 2 fully saturated rings. The second kappa shape index (κ2) is 7.05. The molecule has 2 aliphatic rings. The van der Waals surface area contributed by atoms with Crippen LogP contribution in [-0.2, 0) is 4.74 Å². The van der Waals surface area contributed by atoms with Crippen LogP contribution in [0.4, 0.5) is 0 Å². The van der Waals surface area contributed by atoms with Crippen molar-refractivity contribution in [2.75, 3.05) is 39.8 Å². The molecule has 0 bridgehead atoms. The summed E-state index contributed by atoms with van der Waals surface area (Å²) in [5, 5.41) is 3.62. The minimum Gasteiger partial charge on any atom is -0.380 e. The number of methoxy groups -OCH3 is 1. The van der Waals surface area contributed by atoms with E-state index in [2.05, 4.69) is 24.1 Å². The van der Waals surface area contributed by atoms with Crippen LogP contribution >= 0.6 is 0 Å². The van der Waals surface area contributed by atoms with Crippen molar-refractivity contribution in [3.63, 3.8) is 0 Å². The summed E-state index contributed by atoms with van der Waals surface area (Å²) in [6.45, 7) is 10.6. The number of nitrogens with zero attached hydrogens (tertiary/aromatic N) is 1. The summed E-state index contributed by atoms with van der Waals surface area (Å²) in [6.07, 6.45) is 7.32. The molecule has 1 N–H and O–H groups in total. The monoisotopic (exact) mass is 268 g/mol. The normalized spacial score (nSPS) is 36.8. The van der Waals surface area contributed by atoms with Crippen LogP contribution in [0.15, 0.2) is 0 Å². The standard InChI is InChI=1S/C16H32N2O/c1-4-17-12-16(8-5-6-14(2)10-16)13-18-9-7-15(11-18)19-3/h14-15,17H,4-13H2,1-3H3. The second-order valence-electron chi connectivity index (χ2n) is 6.86. The van der Waals surface area contributed by atoms with Gasteiger partial charge in [0.15, 0.2) is 0 Å². The number of likely N-dealkylation sites (tertiary alicyclic amines) is 1. The van der Waals surface area contributed by atoms with Gasteiger partial charge in [-0.1, -0.05) is 26.7 Å². The lowest BCUT2D eigenvalue weighted by Crippen LogP contribution is -2.46. The average molecular weight is 268 g/mol. The molecule has 1 saturated carbocycles. The van der Waals surface area contributed by atoms with Gasteiger partial charge in [0, 0.05) is 33.3 Å². The smallest absolute Gasteiger partial charge is 0.0710 e. The van der Waals surface area contributed by atoms with E-state index in [-0.39, 0.29) is 0 Å². The topological polar surface area (TPSA) is 24.5 Å². The van der Waals surface area contributed by atoms with Crippen molar-refractivity contribution >= 4 is 0 Å². The molecule has 0 spiro atoms. The zero-order valence-corrected chi connectivity index (χ0v) is 13.1. The van der Waals surface area contributed by atoms with Gasteiger partial charge in [0.2, 0.25) is 0 Å². The van der Waals surface area contributed by atoms with Crippen molar-refractivity contribution < 1.29 is 4.74 Å². The van der Waals surface area contributed by atoms with E-state index in [1.807, 2.05) is 7.11 Å². The number of hydrogen-bond acceptors (Lipinski definition) is 3. The Hall–Kier alpha value is -0.120. The Bertz CT molecular complexity index is 271. The molecular formula is C16H32N2O. The summed E-state index contributed by atoms with van der Waals surface area (Å²) in [5.74, 6) is 0.897. The molecule has 3 unspecified atom stereocenters. The third-order valence-corrected chi connectivity index (χ3v) is 5.06. The van der Waals surface area contributed by atoms with Gasteiger partial charge in [-0.25, -0.2) is 0 Å². The van der Waals surface area contributed by atoms with Crippen molar-refractivity contribution in [1.82, 2.24) is 10.2 Å². The fraction of sp³-hybridized carbons (Fsp3) is 1.00. The zero-order chi connectivity index (χ0) is 13.7. The van der Waals surface area contributed by atoms with Crippen LogP contribution in [0.3, 0.4) is 0 Å². The van der Waals surface area contributed by atoms with Crippen LogP contribution in [-0.4, -0.2) is 50.8 Å². The third kappa shape index (κ3) is 4.17. The first kappa shape index (κ1) is 15.3. The van der Waals surface area contributed by atoms with Crippen molar-refractivity contribution in [3.8, 4) is 0 Å². The molecule has 19 heavy (non-hydrogen) atoms. The molecule has 2 rings (SSSR count). The second-order valence-corrected chi connectivity index (χ2v) is 6.86. The average Bonchev–Trinajstić information content (AvgIpc) is 2.84. The number of nitrogens with one attached hydrogen (secondary N) is 1. The van der Waals surface area contributed by atoms with Gasteiger partial charge in [0.1, 0.15) is 0 Å². The first-order chi connectivity index (χ1) is 9.17. The van der Waals surface area contributed by atoms with Gasteiger partial charge in [-0.15, -0.1) is 0 Å². The molecule has 0 amide bonds.